The molecule has 0 atom stereocenters. The van der Waals surface area contributed by atoms with Crippen LogP contribution in [0.1, 0.15) is 11.1 Å². The third kappa shape index (κ3) is 6.54. The first-order valence-electron chi connectivity index (χ1n) is 15.3. The van der Waals surface area contributed by atoms with Gasteiger partial charge < -0.3 is 4.90 Å². The first-order valence-corrected chi connectivity index (χ1v) is 15.3. The van der Waals surface area contributed by atoms with Crippen molar-refractivity contribution in [2.75, 3.05) is 4.90 Å². The number of nitrogens with zero attached hydrogens (tertiary/aromatic N) is 1. The monoisotopic (exact) mass is 575 g/mol. The summed E-state index contributed by atoms with van der Waals surface area (Å²) < 4.78 is 0. The van der Waals surface area contributed by atoms with Gasteiger partial charge in [-0.2, -0.15) is 0 Å². The fourth-order valence-corrected chi connectivity index (χ4v) is 5.69. The number of anilines is 3. The van der Waals surface area contributed by atoms with Crippen molar-refractivity contribution in [3.8, 4) is 33.4 Å². The third-order valence-electron chi connectivity index (χ3n) is 8.08. The number of hydrogen-bond donors (Lipinski definition) is 0. The summed E-state index contributed by atoms with van der Waals surface area (Å²) in [5.74, 6) is 0. The van der Waals surface area contributed by atoms with Gasteiger partial charge in [0.15, 0.2) is 0 Å². The summed E-state index contributed by atoms with van der Waals surface area (Å²) in [5.41, 5.74) is 12.9. The second-order valence-corrected chi connectivity index (χ2v) is 11.1. The van der Waals surface area contributed by atoms with E-state index in [9.17, 15) is 0 Å². The van der Waals surface area contributed by atoms with Crippen molar-refractivity contribution in [3.05, 3.63) is 199 Å². The molecule has 214 valence electrons. The SMILES string of the molecule is C(=C\c1cccc(N(c2ccc(-c3ccccc3)cc2)c2ccc(-c3ccc(-c4ccccc4)cc3)cc2)c1)/c1ccccc1. The smallest absolute Gasteiger partial charge is 0.0467 e. The molecule has 1 nitrogen and oxygen atoms in total. The highest BCUT2D eigenvalue weighted by Crippen LogP contribution is 2.37. The highest BCUT2D eigenvalue weighted by atomic mass is 15.1. The molecule has 0 saturated carbocycles. The van der Waals surface area contributed by atoms with Gasteiger partial charge in [0.1, 0.15) is 0 Å². The molecule has 0 aliphatic rings. The third-order valence-corrected chi connectivity index (χ3v) is 8.08. The van der Waals surface area contributed by atoms with Crippen LogP contribution >= 0.6 is 0 Å². The summed E-state index contributed by atoms with van der Waals surface area (Å²) in [6, 6.07) is 66.7. The molecule has 0 aliphatic carbocycles. The van der Waals surface area contributed by atoms with E-state index in [1.54, 1.807) is 0 Å². The lowest BCUT2D eigenvalue weighted by Gasteiger charge is -2.26. The lowest BCUT2D eigenvalue weighted by atomic mass is 10.00. The average molecular weight is 576 g/mol. The highest BCUT2D eigenvalue weighted by Gasteiger charge is 2.14. The first kappa shape index (κ1) is 27.9. The minimum atomic E-state index is 1.11. The molecule has 0 fully saturated rings. The van der Waals surface area contributed by atoms with Crippen molar-refractivity contribution in [1.29, 1.82) is 0 Å². The maximum Gasteiger partial charge on any atom is 0.0467 e. The predicted molar refractivity (Wildman–Crippen MR) is 193 cm³/mol. The van der Waals surface area contributed by atoms with Crippen LogP contribution in [0.4, 0.5) is 17.1 Å². The Kier molecular flexibility index (Phi) is 8.15. The molecule has 0 unspecified atom stereocenters. The van der Waals surface area contributed by atoms with Gasteiger partial charge in [0, 0.05) is 17.1 Å². The normalized spacial score (nSPS) is 11.0. The van der Waals surface area contributed by atoms with Gasteiger partial charge in [-0.25, -0.2) is 0 Å². The minimum Gasteiger partial charge on any atom is -0.310 e. The molecule has 0 bridgehead atoms. The molecule has 0 saturated heterocycles. The molecular weight excluding hydrogens is 542 g/mol. The number of benzene rings is 7. The van der Waals surface area contributed by atoms with Crippen molar-refractivity contribution in [3.63, 3.8) is 0 Å². The molecule has 0 radical (unpaired) electrons. The fraction of sp³-hybridized carbons (Fsp3) is 0. The summed E-state index contributed by atoms with van der Waals surface area (Å²) in [5, 5.41) is 0. The van der Waals surface area contributed by atoms with Crippen molar-refractivity contribution in [2.45, 2.75) is 0 Å². The van der Waals surface area contributed by atoms with Gasteiger partial charge >= 0.3 is 0 Å². The summed E-state index contributed by atoms with van der Waals surface area (Å²) in [6.07, 6.45) is 4.34. The van der Waals surface area contributed by atoms with Crippen molar-refractivity contribution in [1.82, 2.24) is 0 Å². The predicted octanol–water partition coefficient (Wildman–Crippen LogP) is 12.3. The maximum atomic E-state index is 2.33. The molecule has 0 heterocycles. The van der Waals surface area contributed by atoms with Gasteiger partial charge in [0.2, 0.25) is 0 Å². The molecule has 0 amide bonds. The standard InChI is InChI=1S/C44H33N/c1-4-11-34(12-5-1)19-20-35-13-10-18-44(33-35)45(42-29-25-40(26-30-42)37-16-8-3-9-17-37)43-31-27-41(28-32-43)39-23-21-38(22-24-39)36-14-6-2-7-15-36/h1-33H/b20-19+. The van der Waals surface area contributed by atoms with E-state index >= 15 is 0 Å². The zero-order chi connectivity index (χ0) is 30.3. The molecule has 1 heteroatoms. The van der Waals surface area contributed by atoms with Gasteiger partial charge in [0.05, 0.1) is 0 Å². The molecule has 0 aliphatic heterocycles. The average Bonchev–Trinajstić information content (AvgIpc) is 3.13. The Bertz CT molecular complexity index is 1990. The van der Waals surface area contributed by atoms with Crippen LogP contribution in [0, 0.1) is 0 Å². The largest absolute Gasteiger partial charge is 0.310 e. The number of hydrogen-bond acceptors (Lipinski definition) is 1. The van der Waals surface area contributed by atoms with E-state index in [4.69, 9.17) is 0 Å². The summed E-state index contributed by atoms with van der Waals surface area (Å²) >= 11 is 0. The first-order chi connectivity index (χ1) is 22.3. The lowest BCUT2D eigenvalue weighted by molar-refractivity contribution is 1.28. The molecule has 45 heavy (non-hydrogen) atoms. The maximum absolute atomic E-state index is 2.33. The fourth-order valence-electron chi connectivity index (χ4n) is 5.69. The Hall–Kier alpha value is -5.92. The second-order valence-electron chi connectivity index (χ2n) is 11.1. The van der Waals surface area contributed by atoms with E-state index in [0.717, 1.165) is 22.6 Å². The summed E-state index contributed by atoms with van der Waals surface area (Å²) in [4.78, 5) is 2.33. The van der Waals surface area contributed by atoms with E-state index in [0.29, 0.717) is 0 Å². The zero-order valence-corrected chi connectivity index (χ0v) is 25.0. The molecular formula is C44H33N. The van der Waals surface area contributed by atoms with Gasteiger partial charge in [-0.3, -0.25) is 0 Å². The van der Waals surface area contributed by atoms with E-state index in [1.165, 1.54) is 38.9 Å². The van der Waals surface area contributed by atoms with Crippen LogP contribution in [-0.4, -0.2) is 0 Å². The van der Waals surface area contributed by atoms with Crippen molar-refractivity contribution < 1.29 is 0 Å². The van der Waals surface area contributed by atoms with Crippen LogP contribution < -0.4 is 4.90 Å². The molecule has 0 aromatic heterocycles. The van der Waals surface area contributed by atoms with Gasteiger partial charge in [-0.05, 0) is 80.9 Å². The Labute approximate surface area is 266 Å². The second kappa shape index (κ2) is 13.2. The Morgan fingerprint density at radius 2 is 0.622 bits per heavy atom. The Morgan fingerprint density at radius 1 is 0.267 bits per heavy atom. The van der Waals surface area contributed by atoms with Crippen LogP contribution in [-0.2, 0) is 0 Å². The lowest BCUT2D eigenvalue weighted by Crippen LogP contribution is -2.10. The van der Waals surface area contributed by atoms with E-state index < -0.39 is 0 Å². The molecule has 0 N–H and O–H groups in total. The van der Waals surface area contributed by atoms with Crippen LogP contribution in [0.5, 0.6) is 0 Å². The van der Waals surface area contributed by atoms with Crippen LogP contribution in [0.15, 0.2) is 188 Å². The topological polar surface area (TPSA) is 3.24 Å². The summed E-state index contributed by atoms with van der Waals surface area (Å²) in [6.45, 7) is 0. The molecule has 7 aromatic carbocycles. The summed E-state index contributed by atoms with van der Waals surface area (Å²) in [7, 11) is 0. The molecule has 7 aromatic rings. The van der Waals surface area contributed by atoms with E-state index in [1.807, 2.05) is 6.07 Å². The van der Waals surface area contributed by atoms with Gasteiger partial charge in [0.25, 0.3) is 0 Å². The molecule has 7 rings (SSSR count). The van der Waals surface area contributed by atoms with Crippen LogP contribution in [0.2, 0.25) is 0 Å². The van der Waals surface area contributed by atoms with Crippen LogP contribution in [0.25, 0.3) is 45.5 Å². The molecule has 0 spiro atoms. The minimum absolute atomic E-state index is 1.11. The van der Waals surface area contributed by atoms with E-state index in [-0.39, 0.29) is 0 Å². The zero-order valence-electron chi connectivity index (χ0n) is 25.0. The van der Waals surface area contributed by atoms with E-state index in [2.05, 4.69) is 199 Å². The van der Waals surface area contributed by atoms with Crippen molar-refractivity contribution in [2.24, 2.45) is 0 Å². The van der Waals surface area contributed by atoms with Gasteiger partial charge in [-0.1, -0.05) is 164 Å². The highest BCUT2D eigenvalue weighted by molar-refractivity contribution is 5.82. The Balaban J connectivity index is 1.22. The van der Waals surface area contributed by atoms with Crippen molar-refractivity contribution >= 4 is 29.2 Å². The van der Waals surface area contributed by atoms with Gasteiger partial charge in [-0.15, -0.1) is 0 Å². The quantitative estimate of drug-likeness (QED) is 0.163. The number of rotatable bonds is 8. The van der Waals surface area contributed by atoms with Crippen LogP contribution in [0.3, 0.4) is 0 Å². The Morgan fingerprint density at radius 3 is 1.09 bits per heavy atom.